The molecule has 2 aliphatic heterocycles. The fraction of sp³-hybridized carbons (Fsp3) is 0.227. The van der Waals surface area contributed by atoms with E-state index in [2.05, 4.69) is 65.3 Å². The van der Waals surface area contributed by atoms with E-state index in [0.717, 1.165) is 39.3 Å². The van der Waals surface area contributed by atoms with Crippen molar-refractivity contribution in [2.24, 2.45) is 0 Å². The predicted octanol–water partition coefficient (Wildman–Crippen LogP) is 5.43. The van der Waals surface area contributed by atoms with Gasteiger partial charge in [0, 0.05) is 36.7 Å². The summed E-state index contributed by atoms with van der Waals surface area (Å²) in [6.45, 7) is 10.4. The highest BCUT2D eigenvalue weighted by atomic mass is 32.2. The van der Waals surface area contributed by atoms with Gasteiger partial charge in [0.15, 0.2) is 6.20 Å². The number of benzene rings is 1. The number of anilines is 1. The van der Waals surface area contributed by atoms with Crippen LogP contribution in [0.4, 0.5) is 10.1 Å². The van der Waals surface area contributed by atoms with Gasteiger partial charge >= 0.3 is 0 Å². The predicted molar refractivity (Wildman–Crippen MR) is 117 cm³/mol. The summed E-state index contributed by atoms with van der Waals surface area (Å²) in [5.74, 6) is -0.209. The standard InChI is InChI=1S/C22H23FN3S2/c1-5-25-12-8-7-9-17(25)14-20-26(6-2)15(3)21(28-20)22-24(4)18-13-16(23)10-11-19(18)27-22/h7-14H,3,5-6H2,1-2,4H3/q+1. The topological polar surface area (TPSA) is 10.4 Å². The number of rotatable bonds is 3. The quantitative estimate of drug-likeness (QED) is 0.622. The molecule has 6 heteroatoms. The number of pyridine rings is 1. The lowest BCUT2D eigenvalue weighted by Gasteiger charge is -2.18. The molecule has 0 N–H and O–H groups in total. The minimum absolute atomic E-state index is 0.209. The van der Waals surface area contributed by atoms with Crippen LogP contribution in [0.2, 0.25) is 0 Å². The van der Waals surface area contributed by atoms with E-state index in [1.807, 2.05) is 13.1 Å². The Morgan fingerprint density at radius 2 is 2.00 bits per heavy atom. The van der Waals surface area contributed by atoms with Gasteiger partial charge in [-0.05, 0) is 38.1 Å². The van der Waals surface area contributed by atoms with E-state index in [9.17, 15) is 4.39 Å². The van der Waals surface area contributed by atoms with Crippen LogP contribution in [0, 0.1) is 5.82 Å². The van der Waals surface area contributed by atoms with Gasteiger partial charge in [0.25, 0.3) is 0 Å². The highest BCUT2D eigenvalue weighted by Gasteiger charge is 2.34. The van der Waals surface area contributed by atoms with E-state index in [-0.39, 0.29) is 5.82 Å². The molecule has 1 saturated heterocycles. The summed E-state index contributed by atoms with van der Waals surface area (Å²) in [6, 6.07) is 11.2. The van der Waals surface area contributed by atoms with Crippen molar-refractivity contribution in [2.45, 2.75) is 25.3 Å². The Kier molecular flexibility index (Phi) is 5.25. The monoisotopic (exact) mass is 412 g/mol. The first-order valence-electron chi connectivity index (χ1n) is 9.33. The normalized spacial score (nSPS) is 20.4. The molecule has 2 aliphatic rings. The van der Waals surface area contributed by atoms with Crippen molar-refractivity contribution in [3.8, 4) is 0 Å². The number of aryl methyl sites for hydroxylation is 1. The van der Waals surface area contributed by atoms with Gasteiger partial charge < -0.3 is 9.80 Å². The van der Waals surface area contributed by atoms with Crippen LogP contribution in [0.1, 0.15) is 19.5 Å². The van der Waals surface area contributed by atoms with Gasteiger partial charge in [0.2, 0.25) is 5.69 Å². The maximum absolute atomic E-state index is 13.7. The number of hydrogen-bond acceptors (Lipinski definition) is 4. The Hall–Kier alpha value is -2.18. The fourth-order valence-corrected chi connectivity index (χ4v) is 5.98. The molecule has 0 unspecified atom stereocenters. The maximum atomic E-state index is 13.7. The Balaban J connectivity index is 1.74. The molecule has 4 rings (SSSR count). The zero-order valence-electron chi connectivity index (χ0n) is 16.3. The molecule has 1 fully saturated rings. The van der Waals surface area contributed by atoms with Gasteiger partial charge in [-0.2, -0.15) is 4.57 Å². The van der Waals surface area contributed by atoms with Crippen molar-refractivity contribution in [3.05, 3.63) is 81.3 Å². The molecule has 0 saturated carbocycles. The molecule has 3 heterocycles. The lowest BCUT2D eigenvalue weighted by molar-refractivity contribution is -0.695. The molecule has 0 amide bonds. The third-order valence-electron chi connectivity index (χ3n) is 4.95. The SMILES string of the molecule is C=C1C(=C2Sc3ccc(F)cc3N2C)SC(=Cc2cccc[n+]2CC)N1CC. The number of thioether (sulfide) groups is 2. The number of aromatic nitrogens is 1. The molecule has 1 aromatic heterocycles. The molecule has 2 aromatic rings. The second-order valence-corrected chi connectivity index (χ2v) is 8.66. The van der Waals surface area contributed by atoms with E-state index in [1.165, 1.54) is 16.8 Å². The van der Waals surface area contributed by atoms with Gasteiger partial charge in [-0.15, -0.1) is 0 Å². The van der Waals surface area contributed by atoms with Crippen LogP contribution in [0.25, 0.3) is 6.08 Å². The highest BCUT2D eigenvalue weighted by molar-refractivity contribution is 8.09. The van der Waals surface area contributed by atoms with Crippen molar-refractivity contribution in [2.75, 3.05) is 18.5 Å². The average Bonchev–Trinajstić information content (AvgIpc) is 3.18. The van der Waals surface area contributed by atoms with Gasteiger partial charge in [0.1, 0.15) is 12.4 Å². The van der Waals surface area contributed by atoms with E-state index >= 15 is 0 Å². The Labute approximate surface area is 174 Å². The van der Waals surface area contributed by atoms with Crippen LogP contribution in [0.5, 0.6) is 0 Å². The smallest absolute Gasteiger partial charge is 0.207 e. The van der Waals surface area contributed by atoms with Crippen molar-refractivity contribution in [1.29, 1.82) is 0 Å². The molecule has 3 nitrogen and oxygen atoms in total. The molecular formula is C22H23FN3S2+. The minimum atomic E-state index is -0.209. The molecule has 0 spiro atoms. The minimum Gasteiger partial charge on any atom is -0.337 e. The summed E-state index contributed by atoms with van der Waals surface area (Å²) in [4.78, 5) is 6.53. The van der Waals surface area contributed by atoms with Crippen molar-refractivity contribution < 1.29 is 8.96 Å². The van der Waals surface area contributed by atoms with Crippen LogP contribution < -0.4 is 9.47 Å². The summed E-state index contributed by atoms with van der Waals surface area (Å²) < 4.78 is 15.9. The third kappa shape index (κ3) is 3.25. The summed E-state index contributed by atoms with van der Waals surface area (Å²) >= 11 is 3.42. The summed E-state index contributed by atoms with van der Waals surface area (Å²) in [6.07, 6.45) is 4.32. The van der Waals surface area contributed by atoms with Crippen LogP contribution in [-0.2, 0) is 6.54 Å². The largest absolute Gasteiger partial charge is 0.337 e. The molecule has 0 aliphatic carbocycles. The van der Waals surface area contributed by atoms with E-state index < -0.39 is 0 Å². The molecule has 0 radical (unpaired) electrons. The second kappa shape index (κ2) is 7.68. The number of hydrogen-bond donors (Lipinski definition) is 0. The maximum Gasteiger partial charge on any atom is 0.207 e. The van der Waals surface area contributed by atoms with Crippen LogP contribution >= 0.6 is 23.5 Å². The van der Waals surface area contributed by atoms with Gasteiger partial charge in [-0.3, -0.25) is 0 Å². The molecule has 0 atom stereocenters. The Morgan fingerprint density at radius 1 is 1.18 bits per heavy atom. The van der Waals surface area contributed by atoms with Gasteiger partial charge in [-0.25, -0.2) is 4.39 Å². The first-order valence-corrected chi connectivity index (χ1v) is 11.0. The zero-order valence-corrected chi connectivity index (χ0v) is 17.9. The van der Waals surface area contributed by atoms with Crippen molar-refractivity contribution in [3.63, 3.8) is 0 Å². The molecule has 28 heavy (non-hydrogen) atoms. The van der Waals surface area contributed by atoms with Gasteiger partial charge in [0.05, 0.1) is 26.3 Å². The molecule has 0 bridgehead atoms. The lowest BCUT2D eigenvalue weighted by atomic mass is 10.3. The number of likely N-dealkylation sites (N-methyl/N-ethyl adjacent to an activating group) is 1. The fourth-order valence-electron chi connectivity index (χ4n) is 3.45. The Bertz CT molecular complexity index is 1010. The summed E-state index contributed by atoms with van der Waals surface area (Å²) in [5, 5.41) is 2.27. The van der Waals surface area contributed by atoms with Gasteiger partial charge in [-0.1, -0.05) is 30.1 Å². The summed E-state index contributed by atoms with van der Waals surface area (Å²) in [7, 11) is 1.99. The highest BCUT2D eigenvalue weighted by Crippen LogP contribution is 2.54. The zero-order chi connectivity index (χ0) is 19.8. The first kappa shape index (κ1) is 19.2. The average molecular weight is 413 g/mol. The van der Waals surface area contributed by atoms with Crippen molar-refractivity contribution >= 4 is 35.3 Å². The lowest BCUT2D eigenvalue weighted by Crippen LogP contribution is -2.35. The van der Waals surface area contributed by atoms with E-state index in [1.54, 1.807) is 29.6 Å². The number of fused-ring (bicyclic) bond motifs is 1. The molecule has 144 valence electrons. The van der Waals surface area contributed by atoms with Crippen molar-refractivity contribution in [1.82, 2.24) is 4.90 Å². The number of halogens is 1. The first-order chi connectivity index (χ1) is 13.5. The second-order valence-electron chi connectivity index (χ2n) is 6.59. The van der Waals surface area contributed by atoms with Crippen LogP contribution in [-0.4, -0.2) is 18.5 Å². The third-order valence-corrected chi connectivity index (χ3v) is 7.50. The van der Waals surface area contributed by atoms with E-state index in [0.29, 0.717) is 0 Å². The van der Waals surface area contributed by atoms with E-state index in [4.69, 9.17) is 0 Å². The molecular weight excluding hydrogens is 389 g/mol. The Morgan fingerprint density at radius 3 is 2.75 bits per heavy atom. The number of nitrogens with zero attached hydrogens (tertiary/aromatic N) is 3. The van der Waals surface area contributed by atoms with Crippen LogP contribution in [0.15, 0.2) is 74.7 Å². The summed E-state index contributed by atoms with van der Waals surface area (Å²) in [5.41, 5.74) is 3.08. The van der Waals surface area contributed by atoms with Crippen LogP contribution in [0.3, 0.4) is 0 Å². The molecule has 1 aromatic carbocycles.